The molecular weight excluding hydrogens is 268 g/mol. The second-order valence-corrected chi connectivity index (χ2v) is 5.20. The van der Waals surface area contributed by atoms with Crippen molar-refractivity contribution in [2.45, 2.75) is 32.2 Å². The first-order chi connectivity index (χ1) is 10.0. The van der Waals surface area contributed by atoms with Crippen LogP contribution in [0.25, 0.3) is 0 Å². The average Bonchev–Trinajstić information content (AvgIpc) is 2.88. The van der Waals surface area contributed by atoms with Crippen LogP contribution in [0.4, 0.5) is 0 Å². The number of hydrogen-bond acceptors (Lipinski definition) is 4. The topological polar surface area (TPSA) is 79.2 Å². The van der Waals surface area contributed by atoms with E-state index in [2.05, 4.69) is 5.32 Å². The zero-order valence-corrected chi connectivity index (χ0v) is 12.2. The summed E-state index contributed by atoms with van der Waals surface area (Å²) in [5, 5.41) is 12.1. The van der Waals surface area contributed by atoms with Crippen molar-refractivity contribution in [3.05, 3.63) is 35.4 Å². The molecule has 5 heteroatoms. The Balaban J connectivity index is 2.35. The van der Waals surface area contributed by atoms with Crippen molar-refractivity contribution in [3.63, 3.8) is 0 Å². The van der Waals surface area contributed by atoms with Crippen LogP contribution in [0.1, 0.15) is 25.0 Å². The first kappa shape index (κ1) is 15.0. The highest BCUT2D eigenvalue weighted by atomic mass is 16.5. The SMILES string of the molecule is CCOC(=O)C(C#N)(NC(C)=O)C1Cc2ccccc2C1. The van der Waals surface area contributed by atoms with E-state index in [1.54, 1.807) is 6.92 Å². The van der Waals surface area contributed by atoms with E-state index in [4.69, 9.17) is 4.74 Å². The van der Waals surface area contributed by atoms with Crippen molar-refractivity contribution in [1.29, 1.82) is 5.26 Å². The van der Waals surface area contributed by atoms with Crippen LogP contribution in [0.3, 0.4) is 0 Å². The van der Waals surface area contributed by atoms with Crippen molar-refractivity contribution < 1.29 is 14.3 Å². The molecule has 0 saturated heterocycles. The fourth-order valence-electron chi connectivity index (χ4n) is 2.87. The maximum Gasteiger partial charge on any atom is 0.347 e. The molecule has 0 aromatic heterocycles. The molecule has 0 saturated carbocycles. The molecule has 110 valence electrons. The number of nitrogens with one attached hydrogen (secondary N) is 1. The Kier molecular flexibility index (Phi) is 4.27. The number of amides is 1. The highest BCUT2D eigenvalue weighted by Gasteiger charge is 2.50. The maximum absolute atomic E-state index is 12.3. The molecule has 1 amide bonds. The summed E-state index contributed by atoms with van der Waals surface area (Å²) in [5.74, 6) is -1.41. The zero-order chi connectivity index (χ0) is 15.5. The number of benzene rings is 1. The normalized spacial score (nSPS) is 16.4. The molecule has 1 aliphatic rings. The third kappa shape index (κ3) is 2.75. The van der Waals surface area contributed by atoms with Crippen molar-refractivity contribution in [2.75, 3.05) is 6.61 Å². The molecule has 0 heterocycles. The predicted molar refractivity (Wildman–Crippen MR) is 76.1 cm³/mol. The molecule has 1 unspecified atom stereocenters. The smallest absolute Gasteiger partial charge is 0.347 e. The van der Waals surface area contributed by atoms with Crippen LogP contribution in [0.15, 0.2) is 24.3 Å². The molecule has 0 radical (unpaired) electrons. The van der Waals surface area contributed by atoms with Crippen LogP contribution in [0.5, 0.6) is 0 Å². The maximum atomic E-state index is 12.3. The van der Waals surface area contributed by atoms with Gasteiger partial charge in [0.05, 0.1) is 6.61 Å². The fourth-order valence-corrected chi connectivity index (χ4v) is 2.87. The Morgan fingerprint density at radius 1 is 1.38 bits per heavy atom. The summed E-state index contributed by atoms with van der Waals surface area (Å²) < 4.78 is 5.03. The van der Waals surface area contributed by atoms with Gasteiger partial charge < -0.3 is 10.1 Å². The van der Waals surface area contributed by atoms with Crippen LogP contribution < -0.4 is 5.32 Å². The molecule has 21 heavy (non-hydrogen) atoms. The molecule has 1 N–H and O–H groups in total. The largest absolute Gasteiger partial charge is 0.463 e. The highest BCUT2D eigenvalue weighted by molar-refractivity contribution is 5.90. The number of carbonyl (C=O) groups is 2. The minimum Gasteiger partial charge on any atom is -0.463 e. The molecule has 2 rings (SSSR count). The molecule has 0 bridgehead atoms. The molecule has 1 aliphatic carbocycles. The lowest BCUT2D eigenvalue weighted by Crippen LogP contribution is -2.59. The number of carbonyl (C=O) groups excluding carboxylic acids is 2. The molecular formula is C16H18N2O3. The van der Waals surface area contributed by atoms with E-state index < -0.39 is 17.4 Å². The molecule has 0 fully saturated rings. The first-order valence-corrected chi connectivity index (χ1v) is 6.97. The molecule has 1 atom stereocenters. The summed E-state index contributed by atoms with van der Waals surface area (Å²) in [5.41, 5.74) is 0.592. The van der Waals surface area contributed by atoms with Gasteiger partial charge in [-0.3, -0.25) is 4.79 Å². The Labute approximate surface area is 123 Å². The monoisotopic (exact) mass is 286 g/mol. The predicted octanol–water partition coefficient (Wildman–Crippen LogP) is 1.36. The summed E-state index contributed by atoms with van der Waals surface area (Å²) in [4.78, 5) is 23.8. The van der Waals surface area contributed by atoms with Crippen molar-refractivity contribution in [1.82, 2.24) is 5.32 Å². The van der Waals surface area contributed by atoms with Crippen molar-refractivity contribution in [3.8, 4) is 6.07 Å². The van der Waals surface area contributed by atoms with Crippen LogP contribution in [-0.2, 0) is 27.2 Å². The van der Waals surface area contributed by atoms with Gasteiger partial charge in [-0.2, -0.15) is 5.26 Å². The number of ether oxygens (including phenoxy) is 1. The highest BCUT2D eigenvalue weighted by Crippen LogP contribution is 2.34. The quantitative estimate of drug-likeness (QED) is 0.848. The van der Waals surface area contributed by atoms with Gasteiger partial charge in [0, 0.05) is 12.8 Å². The Hall–Kier alpha value is -2.35. The van der Waals surface area contributed by atoms with Gasteiger partial charge in [0.25, 0.3) is 0 Å². The summed E-state index contributed by atoms with van der Waals surface area (Å²) >= 11 is 0. The van der Waals surface area contributed by atoms with E-state index in [-0.39, 0.29) is 12.5 Å². The van der Waals surface area contributed by atoms with E-state index >= 15 is 0 Å². The number of hydrogen-bond donors (Lipinski definition) is 1. The Bertz CT molecular complexity index is 581. The van der Waals surface area contributed by atoms with E-state index in [0.717, 1.165) is 11.1 Å². The lowest BCUT2D eigenvalue weighted by atomic mass is 9.82. The van der Waals surface area contributed by atoms with E-state index in [1.807, 2.05) is 30.3 Å². The molecule has 5 nitrogen and oxygen atoms in total. The number of nitriles is 1. The number of fused-ring (bicyclic) bond motifs is 1. The lowest BCUT2D eigenvalue weighted by Gasteiger charge is -2.30. The van der Waals surface area contributed by atoms with Gasteiger partial charge in [0.1, 0.15) is 6.07 Å². The van der Waals surface area contributed by atoms with Gasteiger partial charge in [0.2, 0.25) is 11.4 Å². The number of nitrogens with zero attached hydrogens (tertiary/aromatic N) is 1. The minimum atomic E-state index is -1.62. The van der Waals surface area contributed by atoms with Crippen LogP contribution in [-0.4, -0.2) is 24.0 Å². The summed E-state index contributed by atoms with van der Waals surface area (Å²) in [6.45, 7) is 3.14. The summed E-state index contributed by atoms with van der Waals surface area (Å²) in [7, 11) is 0. The van der Waals surface area contributed by atoms with Gasteiger partial charge in [-0.1, -0.05) is 24.3 Å². The fraction of sp³-hybridized carbons (Fsp3) is 0.438. The van der Waals surface area contributed by atoms with Gasteiger partial charge in [-0.05, 0) is 30.9 Å². The Morgan fingerprint density at radius 3 is 2.38 bits per heavy atom. The second-order valence-electron chi connectivity index (χ2n) is 5.20. The average molecular weight is 286 g/mol. The first-order valence-electron chi connectivity index (χ1n) is 6.97. The van der Waals surface area contributed by atoms with Gasteiger partial charge >= 0.3 is 5.97 Å². The molecule has 1 aromatic carbocycles. The van der Waals surface area contributed by atoms with Crippen LogP contribution in [0.2, 0.25) is 0 Å². The van der Waals surface area contributed by atoms with Crippen molar-refractivity contribution in [2.24, 2.45) is 5.92 Å². The Morgan fingerprint density at radius 2 is 1.95 bits per heavy atom. The van der Waals surface area contributed by atoms with Crippen LogP contribution >= 0.6 is 0 Å². The molecule has 1 aromatic rings. The van der Waals surface area contributed by atoms with Gasteiger partial charge in [-0.15, -0.1) is 0 Å². The molecule has 0 aliphatic heterocycles. The van der Waals surface area contributed by atoms with E-state index in [0.29, 0.717) is 12.8 Å². The zero-order valence-electron chi connectivity index (χ0n) is 12.2. The van der Waals surface area contributed by atoms with Gasteiger partial charge in [-0.25, -0.2) is 4.79 Å². The van der Waals surface area contributed by atoms with E-state index in [9.17, 15) is 14.9 Å². The summed E-state index contributed by atoms with van der Waals surface area (Å²) in [6, 6.07) is 9.82. The standard InChI is InChI=1S/C16H18N2O3/c1-3-21-15(20)16(10-17,18-11(2)19)14-8-12-6-4-5-7-13(12)9-14/h4-7,14H,3,8-9H2,1-2H3,(H,18,19). The number of esters is 1. The van der Waals surface area contributed by atoms with Crippen molar-refractivity contribution >= 4 is 11.9 Å². The summed E-state index contributed by atoms with van der Waals surface area (Å²) in [6.07, 6.45) is 1.14. The minimum absolute atomic E-state index is 0.168. The third-order valence-corrected chi connectivity index (χ3v) is 3.81. The second kappa shape index (κ2) is 5.96. The molecule has 0 spiro atoms. The number of rotatable bonds is 4. The van der Waals surface area contributed by atoms with E-state index in [1.165, 1.54) is 6.92 Å². The van der Waals surface area contributed by atoms with Gasteiger partial charge in [0.15, 0.2) is 0 Å². The lowest BCUT2D eigenvalue weighted by molar-refractivity contribution is -0.152. The third-order valence-electron chi connectivity index (χ3n) is 3.81. The van der Waals surface area contributed by atoms with Crippen LogP contribution in [0, 0.1) is 17.2 Å².